The van der Waals surface area contributed by atoms with Crippen molar-refractivity contribution in [3.8, 4) is 0 Å². The molecule has 0 amide bonds. The lowest BCUT2D eigenvalue weighted by Crippen LogP contribution is -2.65. The number of aromatic nitrogens is 1. The van der Waals surface area contributed by atoms with Crippen molar-refractivity contribution in [3.63, 3.8) is 0 Å². The third-order valence-corrected chi connectivity index (χ3v) is 6.84. The van der Waals surface area contributed by atoms with E-state index in [1.54, 1.807) is 0 Å². The summed E-state index contributed by atoms with van der Waals surface area (Å²) in [7, 11) is 1.83. The molecule has 1 saturated carbocycles. The highest BCUT2D eigenvalue weighted by molar-refractivity contribution is 5.80. The Morgan fingerprint density at radius 3 is 2.73 bits per heavy atom. The minimum Gasteiger partial charge on any atom is -0.378 e. The minimum atomic E-state index is 0.187. The van der Waals surface area contributed by atoms with Gasteiger partial charge in [-0.25, -0.2) is 4.98 Å². The molecule has 7 nitrogen and oxygen atoms in total. The van der Waals surface area contributed by atoms with Gasteiger partial charge in [0.1, 0.15) is 5.82 Å². The van der Waals surface area contributed by atoms with Gasteiger partial charge in [0.25, 0.3) is 0 Å². The highest BCUT2D eigenvalue weighted by atomic mass is 16.5. The average molecular weight is 418 g/mol. The predicted octanol–water partition coefficient (Wildman–Crippen LogP) is 2.96. The van der Waals surface area contributed by atoms with E-state index in [2.05, 4.69) is 65.3 Å². The number of ether oxygens (including phenoxy) is 2. The first-order chi connectivity index (χ1) is 14.6. The highest BCUT2D eigenvalue weighted by Crippen LogP contribution is 2.48. The number of morpholine rings is 1. The molecular weight excluding hydrogens is 378 g/mol. The summed E-state index contributed by atoms with van der Waals surface area (Å²) >= 11 is 0. The van der Waals surface area contributed by atoms with E-state index in [1.807, 2.05) is 13.2 Å². The molecular formula is C23H39N5O2. The Balaban J connectivity index is 1.53. The normalized spacial score (nSPS) is 26.2. The summed E-state index contributed by atoms with van der Waals surface area (Å²) in [6.07, 6.45) is 5.79. The molecule has 3 atom stereocenters. The third kappa shape index (κ3) is 4.89. The van der Waals surface area contributed by atoms with E-state index in [0.717, 1.165) is 62.9 Å². The number of aliphatic imine (C=N–C) groups is 1. The number of hydrogen-bond acceptors (Lipinski definition) is 5. The zero-order valence-electron chi connectivity index (χ0n) is 19.3. The lowest BCUT2D eigenvalue weighted by molar-refractivity contribution is -0.133. The van der Waals surface area contributed by atoms with Gasteiger partial charge in [-0.2, -0.15) is 0 Å². The van der Waals surface area contributed by atoms with Crippen molar-refractivity contribution in [2.75, 3.05) is 38.3 Å². The molecule has 0 radical (unpaired) electrons. The molecule has 1 aromatic heterocycles. The lowest BCUT2D eigenvalue weighted by atomic mass is 9.58. The van der Waals surface area contributed by atoms with Crippen molar-refractivity contribution >= 4 is 11.8 Å². The molecule has 2 aliphatic rings. The Kier molecular flexibility index (Phi) is 7.94. The summed E-state index contributed by atoms with van der Waals surface area (Å²) in [5.41, 5.74) is 1.33. The van der Waals surface area contributed by atoms with Crippen LogP contribution >= 0.6 is 0 Å². The van der Waals surface area contributed by atoms with Crippen LogP contribution in [0.1, 0.15) is 52.5 Å². The van der Waals surface area contributed by atoms with Gasteiger partial charge >= 0.3 is 0 Å². The molecule has 168 valence electrons. The maximum atomic E-state index is 6.00. The standard InChI is InChI=1S/C23H39N5O2/c1-6-23(7-2)19(13-20(23)29-8-3)27-22(24-5)26-15-18-9-10-21(25-14-18)28-11-12-30-17(4)16-28/h9-10,14,17,19-20H,6-8,11-13,15-16H2,1-5H3,(H2,24,26,27). The molecule has 1 aliphatic carbocycles. The minimum absolute atomic E-state index is 0.187. The van der Waals surface area contributed by atoms with Gasteiger partial charge in [0.2, 0.25) is 0 Å². The largest absolute Gasteiger partial charge is 0.378 e. The van der Waals surface area contributed by atoms with Crippen LogP contribution in [0, 0.1) is 5.41 Å². The molecule has 1 aromatic rings. The van der Waals surface area contributed by atoms with Crippen molar-refractivity contribution in [2.45, 2.75) is 71.8 Å². The number of hydrogen-bond donors (Lipinski definition) is 2. The van der Waals surface area contributed by atoms with Crippen molar-refractivity contribution in [1.29, 1.82) is 0 Å². The van der Waals surface area contributed by atoms with Gasteiger partial charge in [-0.3, -0.25) is 4.99 Å². The van der Waals surface area contributed by atoms with Crippen LogP contribution in [0.25, 0.3) is 0 Å². The summed E-state index contributed by atoms with van der Waals surface area (Å²) < 4.78 is 11.6. The van der Waals surface area contributed by atoms with E-state index < -0.39 is 0 Å². The van der Waals surface area contributed by atoms with Crippen LogP contribution in [0.5, 0.6) is 0 Å². The second-order valence-electron chi connectivity index (χ2n) is 8.39. The molecule has 7 heteroatoms. The summed E-state index contributed by atoms with van der Waals surface area (Å²) in [4.78, 5) is 11.4. The number of rotatable bonds is 8. The van der Waals surface area contributed by atoms with Crippen molar-refractivity contribution < 1.29 is 9.47 Å². The molecule has 1 saturated heterocycles. The van der Waals surface area contributed by atoms with E-state index in [0.29, 0.717) is 18.7 Å². The summed E-state index contributed by atoms with van der Waals surface area (Å²) in [6, 6.07) is 4.63. The molecule has 2 fully saturated rings. The Morgan fingerprint density at radius 1 is 1.33 bits per heavy atom. The molecule has 3 unspecified atom stereocenters. The number of nitrogens with one attached hydrogen (secondary N) is 2. The number of pyridine rings is 1. The predicted molar refractivity (Wildman–Crippen MR) is 122 cm³/mol. The molecule has 2 N–H and O–H groups in total. The number of anilines is 1. The SMILES string of the molecule is CCOC1CC(NC(=NC)NCc2ccc(N3CCOC(C)C3)nc2)C1(CC)CC. The first-order valence-corrected chi connectivity index (χ1v) is 11.5. The maximum absolute atomic E-state index is 6.00. The van der Waals surface area contributed by atoms with Gasteiger partial charge in [0.15, 0.2) is 5.96 Å². The molecule has 30 heavy (non-hydrogen) atoms. The van der Waals surface area contributed by atoms with Gasteiger partial charge in [-0.05, 0) is 44.7 Å². The Labute approximate surface area is 181 Å². The highest BCUT2D eigenvalue weighted by Gasteiger charge is 2.53. The fourth-order valence-corrected chi connectivity index (χ4v) is 4.86. The Hall–Kier alpha value is -1.86. The summed E-state index contributed by atoms with van der Waals surface area (Å²) in [5.74, 6) is 1.86. The topological polar surface area (TPSA) is 71.0 Å². The van der Waals surface area contributed by atoms with Gasteiger partial charge < -0.3 is 25.0 Å². The quantitative estimate of drug-likeness (QED) is 0.501. The smallest absolute Gasteiger partial charge is 0.191 e. The molecule has 3 rings (SSSR count). The van der Waals surface area contributed by atoms with Crippen LogP contribution in [0.4, 0.5) is 5.82 Å². The van der Waals surface area contributed by atoms with Crippen molar-refractivity contribution in [1.82, 2.24) is 15.6 Å². The molecule has 1 aliphatic heterocycles. The van der Waals surface area contributed by atoms with E-state index in [-0.39, 0.29) is 11.5 Å². The van der Waals surface area contributed by atoms with Crippen LogP contribution in [-0.2, 0) is 16.0 Å². The van der Waals surface area contributed by atoms with Crippen LogP contribution < -0.4 is 15.5 Å². The van der Waals surface area contributed by atoms with E-state index in [1.165, 1.54) is 0 Å². The first kappa shape index (κ1) is 22.8. The maximum Gasteiger partial charge on any atom is 0.191 e. The van der Waals surface area contributed by atoms with Crippen LogP contribution in [0.15, 0.2) is 23.3 Å². The third-order valence-electron chi connectivity index (χ3n) is 6.84. The summed E-state index contributed by atoms with van der Waals surface area (Å²) in [6.45, 7) is 12.7. The second kappa shape index (κ2) is 10.4. The van der Waals surface area contributed by atoms with E-state index >= 15 is 0 Å². The monoisotopic (exact) mass is 417 g/mol. The van der Waals surface area contributed by atoms with Gasteiger partial charge in [0, 0.05) is 50.9 Å². The average Bonchev–Trinajstić information content (AvgIpc) is 2.76. The van der Waals surface area contributed by atoms with Gasteiger partial charge in [0.05, 0.1) is 18.8 Å². The van der Waals surface area contributed by atoms with Crippen LogP contribution in [0.2, 0.25) is 0 Å². The lowest BCUT2D eigenvalue weighted by Gasteiger charge is -2.55. The second-order valence-corrected chi connectivity index (χ2v) is 8.39. The number of guanidine groups is 1. The molecule has 0 aromatic carbocycles. The van der Waals surface area contributed by atoms with Gasteiger partial charge in [-0.15, -0.1) is 0 Å². The van der Waals surface area contributed by atoms with Crippen LogP contribution in [0.3, 0.4) is 0 Å². The zero-order valence-corrected chi connectivity index (χ0v) is 19.3. The van der Waals surface area contributed by atoms with E-state index in [4.69, 9.17) is 9.47 Å². The van der Waals surface area contributed by atoms with Crippen LogP contribution in [-0.4, -0.2) is 62.5 Å². The van der Waals surface area contributed by atoms with Crippen molar-refractivity contribution in [2.24, 2.45) is 10.4 Å². The number of nitrogens with zero attached hydrogens (tertiary/aromatic N) is 3. The van der Waals surface area contributed by atoms with Gasteiger partial charge in [-0.1, -0.05) is 19.9 Å². The van der Waals surface area contributed by atoms with E-state index in [9.17, 15) is 0 Å². The zero-order chi connectivity index (χ0) is 21.6. The Bertz CT molecular complexity index is 689. The Morgan fingerprint density at radius 2 is 2.13 bits per heavy atom. The van der Waals surface area contributed by atoms with Crippen molar-refractivity contribution in [3.05, 3.63) is 23.9 Å². The molecule has 0 bridgehead atoms. The molecule has 2 heterocycles. The summed E-state index contributed by atoms with van der Waals surface area (Å²) in [5, 5.41) is 7.09. The molecule has 0 spiro atoms. The fraction of sp³-hybridized carbons (Fsp3) is 0.739. The first-order valence-electron chi connectivity index (χ1n) is 11.5. The fourth-order valence-electron chi connectivity index (χ4n) is 4.86.